The molecule has 4 N–H and O–H groups in total. The minimum Gasteiger partial charge on any atom is -0.451 e. The van der Waals surface area contributed by atoms with Gasteiger partial charge in [-0.2, -0.15) is 4.31 Å². The van der Waals surface area contributed by atoms with E-state index in [2.05, 4.69) is 5.32 Å². The van der Waals surface area contributed by atoms with Gasteiger partial charge in [0.1, 0.15) is 6.54 Å². The number of urea groups is 1. The van der Waals surface area contributed by atoms with Gasteiger partial charge < -0.3 is 15.8 Å². The van der Waals surface area contributed by atoms with Crippen molar-refractivity contribution in [2.75, 3.05) is 19.6 Å². The Hall–Kier alpha value is -2.99. The number of hydrogen-bond donors (Lipinski definition) is 3. The standard InChI is InChI=1S/C17H24N4O7S/c1-4-21(5-2)29(26,27)13-8-6-12(7-9-13)16(24)19-10-14(22)28-11(3)15(23)20-17(18)25/h6-9,11H,4-5,10H2,1-3H3,(H,19,24)(H3,18,20,23,25). The predicted octanol–water partition coefficient (Wildman–Crippen LogP) is -0.426. The normalized spacial score (nSPS) is 12.1. The number of nitrogens with zero attached hydrogens (tertiary/aromatic N) is 1. The van der Waals surface area contributed by atoms with Crippen LogP contribution in [-0.4, -0.2) is 62.3 Å². The van der Waals surface area contributed by atoms with E-state index in [-0.39, 0.29) is 10.5 Å². The first-order valence-corrected chi connectivity index (χ1v) is 10.1. The summed E-state index contributed by atoms with van der Waals surface area (Å²) in [5.41, 5.74) is 4.92. The Bertz CT molecular complexity index is 864. The van der Waals surface area contributed by atoms with E-state index in [9.17, 15) is 27.6 Å². The van der Waals surface area contributed by atoms with Crippen LogP contribution >= 0.6 is 0 Å². The van der Waals surface area contributed by atoms with Crippen LogP contribution in [0.2, 0.25) is 0 Å². The molecule has 1 unspecified atom stereocenters. The van der Waals surface area contributed by atoms with Crippen LogP contribution in [0.3, 0.4) is 0 Å². The number of hydrogen-bond acceptors (Lipinski definition) is 7. The molecule has 1 atom stereocenters. The molecule has 11 nitrogen and oxygen atoms in total. The molecule has 0 radical (unpaired) electrons. The number of rotatable bonds is 9. The zero-order valence-corrected chi connectivity index (χ0v) is 17.1. The number of benzene rings is 1. The minimum atomic E-state index is -3.64. The second kappa shape index (κ2) is 10.5. The molecule has 0 heterocycles. The number of nitrogens with one attached hydrogen (secondary N) is 2. The van der Waals surface area contributed by atoms with Crippen molar-refractivity contribution in [3.63, 3.8) is 0 Å². The average Bonchev–Trinajstić information content (AvgIpc) is 2.66. The van der Waals surface area contributed by atoms with E-state index in [0.717, 1.165) is 0 Å². The van der Waals surface area contributed by atoms with Crippen LogP contribution in [-0.2, 0) is 24.3 Å². The number of amides is 4. The maximum Gasteiger partial charge on any atom is 0.326 e. The van der Waals surface area contributed by atoms with Gasteiger partial charge in [0, 0.05) is 18.7 Å². The average molecular weight is 428 g/mol. The maximum absolute atomic E-state index is 12.4. The molecule has 0 aliphatic carbocycles. The highest BCUT2D eigenvalue weighted by Crippen LogP contribution is 2.16. The molecular weight excluding hydrogens is 404 g/mol. The van der Waals surface area contributed by atoms with Gasteiger partial charge in [0.25, 0.3) is 11.8 Å². The van der Waals surface area contributed by atoms with E-state index in [0.29, 0.717) is 13.1 Å². The van der Waals surface area contributed by atoms with Gasteiger partial charge in [-0.15, -0.1) is 0 Å². The third-order valence-electron chi connectivity index (χ3n) is 3.78. The predicted molar refractivity (Wildman–Crippen MR) is 102 cm³/mol. The lowest BCUT2D eigenvalue weighted by atomic mass is 10.2. The second-order valence-corrected chi connectivity index (χ2v) is 7.72. The molecule has 1 aromatic rings. The number of ether oxygens (including phenoxy) is 1. The molecule has 0 aromatic heterocycles. The molecule has 0 saturated heterocycles. The SMILES string of the molecule is CCN(CC)S(=O)(=O)c1ccc(C(=O)NCC(=O)OC(C)C(=O)NC(N)=O)cc1. The van der Waals surface area contributed by atoms with Gasteiger partial charge in [0.05, 0.1) is 4.90 Å². The van der Waals surface area contributed by atoms with E-state index in [1.54, 1.807) is 19.2 Å². The van der Waals surface area contributed by atoms with Crippen LogP contribution < -0.4 is 16.4 Å². The van der Waals surface area contributed by atoms with Crippen molar-refractivity contribution in [3.8, 4) is 0 Å². The van der Waals surface area contributed by atoms with Gasteiger partial charge in [0.2, 0.25) is 10.0 Å². The fraction of sp³-hybridized carbons (Fsp3) is 0.412. The van der Waals surface area contributed by atoms with Gasteiger partial charge in [-0.05, 0) is 31.2 Å². The van der Waals surface area contributed by atoms with Gasteiger partial charge in [0.15, 0.2) is 6.10 Å². The molecule has 0 bridgehead atoms. The molecular formula is C17H24N4O7S. The molecule has 1 aromatic carbocycles. The fourth-order valence-electron chi connectivity index (χ4n) is 2.26. The Kier molecular flexibility index (Phi) is 8.73. The molecule has 0 aliphatic rings. The van der Waals surface area contributed by atoms with Crippen LogP contribution in [0.1, 0.15) is 31.1 Å². The van der Waals surface area contributed by atoms with Crippen molar-refractivity contribution in [1.29, 1.82) is 0 Å². The molecule has 12 heteroatoms. The minimum absolute atomic E-state index is 0.0476. The number of primary amides is 1. The molecule has 29 heavy (non-hydrogen) atoms. The lowest BCUT2D eigenvalue weighted by molar-refractivity contribution is -0.153. The Morgan fingerprint density at radius 1 is 1.10 bits per heavy atom. The molecule has 0 spiro atoms. The quantitative estimate of drug-likeness (QED) is 0.449. The Morgan fingerprint density at radius 2 is 1.66 bits per heavy atom. The number of nitrogens with two attached hydrogens (primary N) is 1. The summed E-state index contributed by atoms with van der Waals surface area (Å²) in [5.74, 6) is -2.45. The van der Waals surface area contributed by atoms with Crippen LogP contribution in [0.4, 0.5) is 4.79 Å². The molecule has 0 saturated carbocycles. The van der Waals surface area contributed by atoms with E-state index >= 15 is 0 Å². The van der Waals surface area contributed by atoms with Crippen LogP contribution in [0, 0.1) is 0 Å². The highest BCUT2D eigenvalue weighted by atomic mass is 32.2. The summed E-state index contributed by atoms with van der Waals surface area (Å²) >= 11 is 0. The monoisotopic (exact) mass is 428 g/mol. The Balaban J connectivity index is 2.66. The number of carbonyl (C=O) groups excluding carboxylic acids is 4. The van der Waals surface area contributed by atoms with Crippen molar-refractivity contribution < 1.29 is 32.3 Å². The maximum atomic E-state index is 12.4. The van der Waals surface area contributed by atoms with Crippen molar-refractivity contribution in [2.24, 2.45) is 5.73 Å². The smallest absolute Gasteiger partial charge is 0.326 e. The van der Waals surface area contributed by atoms with Crippen LogP contribution in [0.15, 0.2) is 29.2 Å². The summed E-state index contributed by atoms with van der Waals surface area (Å²) in [4.78, 5) is 45.8. The van der Waals surface area contributed by atoms with Crippen LogP contribution in [0.5, 0.6) is 0 Å². The summed E-state index contributed by atoms with van der Waals surface area (Å²) in [6, 6.07) is 4.16. The second-order valence-electron chi connectivity index (χ2n) is 5.78. The Labute approximate surface area is 168 Å². The van der Waals surface area contributed by atoms with Gasteiger partial charge in [-0.3, -0.25) is 19.7 Å². The van der Waals surface area contributed by atoms with Crippen molar-refractivity contribution in [2.45, 2.75) is 31.8 Å². The number of imide groups is 1. The van der Waals surface area contributed by atoms with Crippen molar-refractivity contribution in [3.05, 3.63) is 29.8 Å². The van der Waals surface area contributed by atoms with Gasteiger partial charge in [-0.25, -0.2) is 13.2 Å². The highest BCUT2D eigenvalue weighted by Gasteiger charge is 2.22. The van der Waals surface area contributed by atoms with E-state index < -0.39 is 46.5 Å². The molecule has 0 fully saturated rings. The number of esters is 1. The zero-order chi connectivity index (χ0) is 22.2. The number of carbonyl (C=O) groups is 4. The van der Waals surface area contributed by atoms with Gasteiger partial charge in [-0.1, -0.05) is 13.8 Å². The first kappa shape index (κ1) is 24.0. The number of sulfonamides is 1. The van der Waals surface area contributed by atoms with Crippen LogP contribution in [0.25, 0.3) is 0 Å². The molecule has 160 valence electrons. The van der Waals surface area contributed by atoms with Crippen molar-refractivity contribution >= 4 is 33.8 Å². The van der Waals surface area contributed by atoms with E-state index in [4.69, 9.17) is 10.5 Å². The van der Waals surface area contributed by atoms with E-state index in [1.165, 1.54) is 35.5 Å². The van der Waals surface area contributed by atoms with E-state index in [1.807, 2.05) is 0 Å². The third-order valence-corrected chi connectivity index (χ3v) is 5.84. The summed E-state index contributed by atoms with van der Waals surface area (Å²) in [7, 11) is -3.64. The van der Waals surface area contributed by atoms with Crippen molar-refractivity contribution in [1.82, 2.24) is 14.9 Å². The zero-order valence-electron chi connectivity index (χ0n) is 16.3. The molecule has 1 rings (SSSR count). The lowest BCUT2D eigenvalue weighted by Gasteiger charge is -2.18. The highest BCUT2D eigenvalue weighted by molar-refractivity contribution is 7.89. The molecule has 0 aliphatic heterocycles. The summed E-state index contributed by atoms with van der Waals surface area (Å²) in [6.07, 6.45) is -1.28. The first-order chi connectivity index (χ1) is 13.5. The van der Waals surface area contributed by atoms with Gasteiger partial charge >= 0.3 is 12.0 Å². The largest absolute Gasteiger partial charge is 0.451 e. The Morgan fingerprint density at radius 3 is 2.14 bits per heavy atom. The summed E-state index contributed by atoms with van der Waals surface area (Å²) in [6.45, 7) is 4.78. The first-order valence-electron chi connectivity index (χ1n) is 8.71. The lowest BCUT2D eigenvalue weighted by Crippen LogP contribution is -2.43. The molecule has 4 amide bonds. The summed E-state index contributed by atoms with van der Waals surface area (Å²) in [5, 5.41) is 4.05. The topological polar surface area (TPSA) is 165 Å². The summed E-state index contributed by atoms with van der Waals surface area (Å²) < 4.78 is 30.9. The fourth-order valence-corrected chi connectivity index (χ4v) is 3.72. The third kappa shape index (κ3) is 6.84.